The second-order valence-electron chi connectivity index (χ2n) is 5.89. The Morgan fingerprint density at radius 1 is 1.31 bits per heavy atom. The van der Waals surface area contributed by atoms with Crippen molar-refractivity contribution < 1.29 is 9.47 Å². The van der Waals surface area contributed by atoms with Crippen molar-refractivity contribution in [2.24, 2.45) is 5.10 Å². The van der Waals surface area contributed by atoms with E-state index >= 15 is 0 Å². The Morgan fingerprint density at radius 3 is 2.92 bits per heavy atom. The molecule has 0 radical (unpaired) electrons. The number of nitrogens with one attached hydrogen (secondary N) is 2. The van der Waals surface area contributed by atoms with Gasteiger partial charge < -0.3 is 14.8 Å². The second kappa shape index (κ2) is 9.53. The standard InChI is InChI=1S/C17H20Cl2N4O2S/c18-14-8-13-7-12(11-25-16(13)15(19)9-14)10-21-22-17(26)20-1-2-23-3-5-24-6-4-23/h7-10H,1-6,11H2,(H2,20,22,26)/b21-10+. The zero-order valence-electron chi connectivity index (χ0n) is 14.1. The molecule has 0 aliphatic carbocycles. The SMILES string of the molecule is S=C(NCCN1CCOCC1)N/N=C/C1=Cc2cc(Cl)cc(Cl)c2OC1. The van der Waals surface area contributed by atoms with E-state index in [0.29, 0.717) is 27.5 Å². The van der Waals surface area contributed by atoms with Crippen molar-refractivity contribution in [3.63, 3.8) is 0 Å². The summed E-state index contributed by atoms with van der Waals surface area (Å²) in [6, 6.07) is 3.47. The molecule has 0 unspecified atom stereocenters. The second-order valence-corrected chi connectivity index (χ2v) is 7.15. The van der Waals surface area contributed by atoms with Crippen LogP contribution in [0.1, 0.15) is 5.56 Å². The molecule has 0 bridgehead atoms. The number of thiocarbonyl (C=S) groups is 1. The van der Waals surface area contributed by atoms with Crippen molar-refractivity contribution in [3.05, 3.63) is 33.3 Å². The van der Waals surface area contributed by atoms with E-state index in [1.165, 1.54) is 0 Å². The van der Waals surface area contributed by atoms with Gasteiger partial charge in [-0.15, -0.1) is 0 Å². The molecule has 2 heterocycles. The predicted molar refractivity (Wildman–Crippen MR) is 109 cm³/mol. The number of morpholine rings is 1. The predicted octanol–water partition coefficient (Wildman–Crippen LogP) is 2.55. The average molecular weight is 415 g/mol. The molecular formula is C17H20Cl2N4O2S. The molecule has 26 heavy (non-hydrogen) atoms. The lowest BCUT2D eigenvalue weighted by Crippen LogP contribution is -2.42. The summed E-state index contributed by atoms with van der Waals surface area (Å²) in [5, 5.41) is 8.84. The first-order valence-electron chi connectivity index (χ1n) is 8.31. The minimum atomic E-state index is 0.386. The van der Waals surface area contributed by atoms with Crippen molar-refractivity contribution in [2.45, 2.75) is 0 Å². The van der Waals surface area contributed by atoms with Gasteiger partial charge in [0.05, 0.1) is 24.5 Å². The third kappa shape index (κ3) is 5.56. The van der Waals surface area contributed by atoms with Crippen LogP contribution in [0.15, 0.2) is 22.8 Å². The molecule has 140 valence electrons. The normalized spacial score (nSPS) is 17.4. The monoisotopic (exact) mass is 414 g/mol. The summed E-state index contributed by atoms with van der Waals surface area (Å²) < 4.78 is 11.0. The third-order valence-corrected chi connectivity index (χ3v) is 4.71. The molecule has 1 aromatic carbocycles. The fourth-order valence-corrected chi connectivity index (χ4v) is 3.40. The molecule has 0 amide bonds. The minimum absolute atomic E-state index is 0.386. The Morgan fingerprint density at radius 2 is 2.12 bits per heavy atom. The number of ether oxygens (including phenoxy) is 2. The van der Waals surface area contributed by atoms with Crippen LogP contribution in [-0.4, -0.2) is 62.2 Å². The Labute approximate surface area is 168 Å². The van der Waals surface area contributed by atoms with Crippen molar-refractivity contribution >= 4 is 52.8 Å². The summed E-state index contributed by atoms with van der Waals surface area (Å²) >= 11 is 17.4. The number of fused-ring (bicyclic) bond motifs is 1. The molecule has 0 aromatic heterocycles. The summed E-state index contributed by atoms with van der Waals surface area (Å²) in [7, 11) is 0. The lowest BCUT2D eigenvalue weighted by Gasteiger charge is -2.26. The van der Waals surface area contributed by atoms with Gasteiger partial charge in [-0.05, 0) is 30.4 Å². The van der Waals surface area contributed by atoms with E-state index in [-0.39, 0.29) is 0 Å². The van der Waals surface area contributed by atoms with Gasteiger partial charge in [0.25, 0.3) is 0 Å². The van der Waals surface area contributed by atoms with Crippen LogP contribution < -0.4 is 15.5 Å². The zero-order chi connectivity index (χ0) is 18.4. The Bertz CT molecular complexity index is 721. The van der Waals surface area contributed by atoms with Crippen LogP contribution in [0.25, 0.3) is 6.08 Å². The molecule has 3 rings (SSSR count). The Balaban J connectivity index is 1.44. The van der Waals surface area contributed by atoms with E-state index < -0.39 is 0 Å². The number of benzene rings is 1. The van der Waals surface area contributed by atoms with Crippen LogP contribution in [-0.2, 0) is 4.74 Å². The summed E-state index contributed by atoms with van der Waals surface area (Å²) in [6.45, 7) is 5.58. The maximum atomic E-state index is 6.13. The van der Waals surface area contributed by atoms with E-state index in [9.17, 15) is 0 Å². The highest BCUT2D eigenvalue weighted by Crippen LogP contribution is 2.36. The molecule has 1 saturated heterocycles. The van der Waals surface area contributed by atoms with Gasteiger partial charge >= 0.3 is 0 Å². The zero-order valence-corrected chi connectivity index (χ0v) is 16.5. The van der Waals surface area contributed by atoms with E-state index in [0.717, 1.165) is 50.5 Å². The summed E-state index contributed by atoms with van der Waals surface area (Å²) in [4.78, 5) is 2.33. The van der Waals surface area contributed by atoms with Crippen LogP contribution in [0, 0.1) is 0 Å². The number of hydrogen-bond donors (Lipinski definition) is 2. The van der Waals surface area contributed by atoms with Gasteiger partial charge in [0, 0.05) is 42.3 Å². The highest BCUT2D eigenvalue weighted by molar-refractivity contribution is 7.80. The van der Waals surface area contributed by atoms with Crippen molar-refractivity contribution in [2.75, 3.05) is 46.0 Å². The first-order valence-corrected chi connectivity index (χ1v) is 9.47. The number of nitrogens with zero attached hydrogens (tertiary/aromatic N) is 2. The van der Waals surface area contributed by atoms with E-state index in [4.69, 9.17) is 44.9 Å². The van der Waals surface area contributed by atoms with Crippen LogP contribution in [0.4, 0.5) is 0 Å². The first-order chi connectivity index (χ1) is 12.6. The third-order valence-electron chi connectivity index (χ3n) is 3.97. The molecule has 2 aliphatic heterocycles. The summed E-state index contributed by atoms with van der Waals surface area (Å²) in [6.07, 6.45) is 3.62. The highest BCUT2D eigenvalue weighted by Gasteiger charge is 2.15. The van der Waals surface area contributed by atoms with Gasteiger partial charge in [-0.1, -0.05) is 23.2 Å². The molecule has 2 N–H and O–H groups in total. The summed E-state index contributed by atoms with van der Waals surface area (Å²) in [5.74, 6) is 0.640. The summed E-state index contributed by atoms with van der Waals surface area (Å²) in [5.41, 5.74) is 4.54. The van der Waals surface area contributed by atoms with Crippen LogP contribution in [0.2, 0.25) is 10.0 Å². The molecular weight excluding hydrogens is 395 g/mol. The van der Waals surface area contributed by atoms with E-state index in [1.807, 2.05) is 6.08 Å². The fraction of sp³-hybridized carbons (Fsp3) is 0.412. The topological polar surface area (TPSA) is 58.1 Å². The molecule has 0 spiro atoms. The maximum absolute atomic E-state index is 6.13. The van der Waals surface area contributed by atoms with E-state index in [2.05, 4.69) is 20.7 Å². The average Bonchev–Trinajstić information content (AvgIpc) is 2.62. The largest absolute Gasteiger partial charge is 0.487 e. The smallest absolute Gasteiger partial charge is 0.187 e. The number of rotatable bonds is 5. The van der Waals surface area contributed by atoms with E-state index in [1.54, 1.807) is 18.3 Å². The Hall–Kier alpha value is -1.38. The molecule has 1 aromatic rings. The van der Waals surface area contributed by atoms with Gasteiger partial charge in [0.1, 0.15) is 12.4 Å². The minimum Gasteiger partial charge on any atom is -0.487 e. The van der Waals surface area contributed by atoms with Crippen LogP contribution in [0.3, 0.4) is 0 Å². The van der Waals surface area contributed by atoms with Gasteiger partial charge in [0.15, 0.2) is 5.11 Å². The first kappa shape index (κ1) is 19.4. The lowest BCUT2D eigenvalue weighted by atomic mass is 10.1. The van der Waals surface area contributed by atoms with Crippen LogP contribution in [0.5, 0.6) is 5.75 Å². The number of hydrazone groups is 1. The maximum Gasteiger partial charge on any atom is 0.187 e. The van der Waals surface area contributed by atoms with Crippen LogP contribution >= 0.6 is 35.4 Å². The van der Waals surface area contributed by atoms with Gasteiger partial charge in [-0.25, -0.2) is 0 Å². The molecule has 9 heteroatoms. The molecule has 2 aliphatic rings. The van der Waals surface area contributed by atoms with Crippen molar-refractivity contribution in [3.8, 4) is 5.75 Å². The molecule has 0 saturated carbocycles. The Kier molecular flexibility index (Phi) is 7.10. The number of halogens is 2. The molecule has 0 atom stereocenters. The highest BCUT2D eigenvalue weighted by atomic mass is 35.5. The van der Waals surface area contributed by atoms with Gasteiger partial charge in [0.2, 0.25) is 0 Å². The lowest BCUT2D eigenvalue weighted by molar-refractivity contribution is 0.0389. The van der Waals surface area contributed by atoms with Gasteiger partial charge in [-0.3, -0.25) is 10.3 Å². The van der Waals surface area contributed by atoms with Gasteiger partial charge in [-0.2, -0.15) is 5.10 Å². The van der Waals surface area contributed by atoms with Crippen molar-refractivity contribution in [1.29, 1.82) is 0 Å². The fourth-order valence-electron chi connectivity index (χ4n) is 2.68. The molecule has 6 nitrogen and oxygen atoms in total. The quantitative estimate of drug-likeness (QED) is 0.438. The molecule has 1 fully saturated rings. The number of hydrogen-bond acceptors (Lipinski definition) is 5. The van der Waals surface area contributed by atoms with Crippen molar-refractivity contribution in [1.82, 2.24) is 15.6 Å².